The molecule has 0 aromatic heterocycles. The van der Waals surface area contributed by atoms with E-state index in [1.807, 2.05) is 0 Å². The number of nitrogens with zero attached hydrogens (tertiary/aromatic N) is 1. The van der Waals surface area contributed by atoms with Crippen LogP contribution in [0.5, 0.6) is 11.5 Å². The number of carbonyl (C=O) groups excluding carboxylic acids is 2. The van der Waals surface area contributed by atoms with Gasteiger partial charge in [-0.15, -0.1) is 0 Å². The number of amides is 1. The molecule has 1 fully saturated rings. The zero-order chi connectivity index (χ0) is 17.7. The molecule has 1 aromatic rings. The molecule has 1 aromatic carbocycles. The van der Waals surface area contributed by atoms with Crippen molar-refractivity contribution in [3.63, 3.8) is 0 Å². The third-order valence-corrected chi connectivity index (χ3v) is 3.92. The fourth-order valence-electron chi connectivity index (χ4n) is 2.69. The predicted molar refractivity (Wildman–Crippen MR) is 88.7 cm³/mol. The second-order valence-electron chi connectivity index (χ2n) is 5.47. The van der Waals surface area contributed by atoms with E-state index < -0.39 is 12.0 Å². The lowest BCUT2D eigenvalue weighted by Gasteiger charge is -2.20. The van der Waals surface area contributed by atoms with Gasteiger partial charge in [-0.3, -0.25) is 4.79 Å². The topological polar surface area (TPSA) is 91.1 Å². The largest absolute Gasteiger partial charge is 0.493 e. The Hall–Kier alpha value is -2.54. The molecule has 1 amide bonds. The Morgan fingerprint density at radius 2 is 1.92 bits per heavy atom. The lowest BCUT2D eigenvalue weighted by Crippen LogP contribution is -2.40. The molecule has 0 radical (unpaired) electrons. The third kappa shape index (κ3) is 3.86. The van der Waals surface area contributed by atoms with Crippen molar-refractivity contribution in [3.8, 4) is 11.5 Å². The van der Waals surface area contributed by atoms with E-state index in [1.54, 1.807) is 38.5 Å². The molecule has 7 heteroatoms. The highest BCUT2D eigenvalue weighted by Gasteiger charge is 2.37. The van der Waals surface area contributed by atoms with E-state index in [4.69, 9.17) is 19.9 Å². The molecule has 0 aliphatic carbocycles. The van der Waals surface area contributed by atoms with E-state index in [0.29, 0.717) is 24.5 Å². The maximum absolute atomic E-state index is 12.4. The maximum Gasteiger partial charge on any atom is 0.328 e. The maximum atomic E-state index is 12.4. The fraction of sp³-hybridized carbons (Fsp3) is 0.412. The van der Waals surface area contributed by atoms with Crippen LogP contribution in [0.1, 0.15) is 12.0 Å². The molecule has 0 bridgehead atoms. The van der Waals surface area contributed by atoms with Gasteiger partial charge in [0.25, 0.3) is 0 Å². The van der Waals surface area contributed by atoms with Crippen molar-refractivity contribution < 1.29 is 23.8 Å². The summed E-state index contributed by atoms with van der Waals surface area (Å²) in [6, 6.07) is 4.46. The first-order valence-corrected chi connectivity index (χ1v) is 7.54. The number of esters is 1. The molecule has 1 heterocycles. The Kier molecular flexibility index (Phi) is 5.81. The third-order valence-electron chi connectivity index (χ3n) is 3.92. The minimum atomic E-state index is -0.632. The molecule has 0 spiro atoms. The number of methoxy groups -OCH3 is 3. The molecule has 7 nitrogen and oxygen atoms in total. The van der Waals surface area contributed by atoms with Gasteiger partial charge in [-0.25, -0.2) is 4.79 Å². The molecule has 130 valence electrons. The van der Waals surface area contributed by atoms with E-state index in [9.17, 15) is 9.59 Å². The number of likely N-dealkylation sites (tertiary alicyclic amines) is 1. The molecule has 24 heavy (non-hydrogen) atoms. The monoisotopic (exact) mass is 334 g/mol. The van der Waals surface area contributed by atoms with Gasteiger partial charge < -0.3 is 24.8 Å². The van der Waals surface area contributed by atoms with Gasteiger partial charge in [0.1, 0.15) is 6.04 Å². The minimum absolute atomic E-state index is 0.229. The van der Waals surface area contributed by atoms with Gasteiger partial charge in [0.15, 0.2) is 11.5 Å². The van der Waals surface area contributed by atoms with Crippen molar-refractivity contribution in [2.45, 2.75) is 18.5 Å². The Morgan fingerprint density at radius 1 is 1.21 bits per heavy atom. The number of hydrogen-bond acceptors (Lipinski definition) is 6. The molecule has 0 unspecified atom stereocenters. The second kappa shape index (κ2) is 7.83. The molecule has 2 rings (SSSR count). The normalized spacial score (nSPS) is 20.2. The molecule has 1 aliphatic heterocycles. The second-order valence-corrected chi connectivity index (χ2v) is 5.47. The van der Waals surface area contributed by atoms with Crippen LogP contribution in [0.4, 0.5) is 0 Å². The number of hydrogen-bond donors (Lipinski definition) is 1. The minimum Gasteiger partial charge on any atom is -0.493 e. The van der Waals surface area contributed by atoms with Crippen LogP contribution in [0.3, 0.4) is 0 Å². The predicted octanol–water partition coefficient (Wildman–Crippen LogP) is 0.818. The van der Waals surface area contributed by atoms with Gasteiger partial charge in [0.05, 0.1) is 21.3 Å². The summed E-state index contributed by atoms with van der Waals surface area (Å²) in [5.41, 5.74) is 6.64. The number of ether oxygens (including phenoxy) is 3. The summed E-state index contributed by atoms with van der Waals surface area (Å²) >= 11 is 0. The zero-order valence-corrected chi connectivity index (χ0v) is 14.0. The standard InChI is InChI=1S/C17H22N2O5/c1-22-14-6-4-11(8-15(14)23-2)5-7-16(20)19-10-12(18)9-13(19)17(21)24-3/h4-8,12-13H,9-10,18H2,1-3H3/b7-5+/t12-,13-/m0/s1. The van der Waals surface area contributed by atoms with Crippen molar-refractivity contribution in [1.82, 2.24) is 4.90 Å². The summed E-state index contributed by atoms with van der Waals surface area (Å²) in [7, 11) is 4.40. The van der Waals surface area contributed by atoms with Gasteiger partial charge in [0.2, 0.25) is 5.91 Å². The molecule has 1 aliphatic rings. The summed E-state index contributed by atoms with van der Waals surface area (Å²) in [6.07, 6.45) is 3.47. The first kappa shape index (κ1) is 17.8. The van der Waals surface area contributed by atoms with Gasteiger partial charge in [0, 0.05) is 18.7 Å². The van der Waals surface area contributed by atoms with E-state index in [0.717, 1.165) is 5.56 Å². The Bertz CT molecular complexity index is 644. The van der Waals surface area contributed by atoms with Crippen LogP contribution >= 0.6 is 0 Å². The quantitative estimate of drug-likeness (QED) is 0.633. The van der Waals surface area contributed by atoms with Crippen molar-refractivity contribution in [1.29, 1.82) is 0 Å². The van der Waals surface area contributed by atoms with Crippen LogP contribution in [0.2, 0.25) is 0 Å². The van der Waals surface area contributed by atoms with E-state index in [-0.39, 0.29) is 11.9 Å². The summed E-state index contributed by atoms with van der Waals surface area (Å²) in [6.45, 7) is 0.328. The average molecular weight is 334 g/mol. The van der Waals surface area contributed by atoms with Crippen LogP contribution in [-0.4, -0.2) is 56.7 Å². The summed E-state index contributed by atoms with van der Waals surface area (Å²) in [5, 5.41) is 0. The van der Waals surface area contributed by atoms with Crippen molar-refractivity contribution in [2.24, 2.45) is 5.73 Å². The van der Waals surface area contributed by atoms with Crippen molar-refractivity contribution >= 4 is 18.0 Å². The van der Waals surface area contributed by atoms with Crippen LogP contribution in [0, 0.1) is 0 Å². The highest BCUT2D eigenvalue weighted by molar-refractivity contribution is 5.95. The first-order chi connectivity index (χ1) is 11.5. The fourth-order valence-corrected chi connectivity index (χ4v) is 2.69. The van der Waals surface area contributed by atoms with E-state index in [2.05, 4.69) is 0 Å². The Balaban J connectivity index is 2.13. The lowest BCUT2D eigenvalue weighted by atomic mass is 10.1. The Morgan fingerprint density at radius 3 is 2.54 bits per heavy atom. The molecule has 2 N–H and O–H groups in total. The van der Waals surface area contributed by atoms with Gasteiger partial charge >= 0.3 is 5.97 Å². The molecular weight excluding hydrogens is 312 g/mol. The molecule has 1 saturated heterocycles. The van der Waals surface area contributed by atoms with Crippen molar-refractivity contribution in [2.75, 3.05) is 27.9 Å². The molecule has 0 saturated carbocycles. The van der Waals surface area contributed by atoms with Crippen LogP contribution in [0.15, 0.2) is 24.3 Å². The number of nitrogens with two attached hydrogens (primary N) is 1. The van der Waals surface area contributed by atoms with Crippen LogP contribution in [0.25, 0.3) is 6.08 Å². The molecule has 2 atom stereocenters. The zero-order valence-electron chi connectivity index (χ0n) is 14.0. The van der Waals surface area contributed by atoms with Gasteiger partial charge in [-0.1, -0.05) is 6.07 Å². The SMILES string of the molecule is COC(=O)[C@@H]1C[C@H](N)CN1C(=O)/C=C/c1ccc(OC)c(OC)c1. The van der Waals surface area contributed by atoms with Crippen molar-refractivity contribution in [3.05, 3.63) is 29.8 Å². The van der Waals surface area contributed by atoms with Crippen LogP contribution < -0.4 is 15.2 Å². The average Bonchev–Trinajstić information content (AvgIpc) is 3.00. The van der Waals surface area contributed by atoms with Gasteiger partial charge in [-0.2, -0.15) is 0 Å². The highest BCUT2D eigenvalue weighted by Crippen LogP contribution is 2.28. The number of carbonyl (C=O) groups is 2. The number of benzene rings is 1. The Labute approximate surface area is 141 Å². The lowest BCUT2D eigenvalue weighted by molar-refractivity contribution is -0.149. The summed E-state index contributed by atoms with van der Waals surface area (Å²) in [5.74, 6) is 0.448. The first-order valence-electron chi connectivity index (χ1n) is 7.54. The molecular formula is C17H22N2O5. The summed E-state index contributed by atoms with van der Waals surface area (Å²) < 4.78 is 15.1. The summed E-state index contributed by atoms with van der Waals surface area (Å²) in [4.78, 5) is 25.6. The van der Waals surface area contributed by atoms with E-state index in [1.165, 1.54) is 18.1 Å². The van der Waals surface area contributed by atoms with Gasteiger partial charge in [-0.05, 0) is 30.2 Å². The number of rotatable bonds is 5. The van der Waals surface area contributed by atoms with E-state index >= 15 is 0 Å². The highest BCUT2D eigenvalue weighted by atomic mass is 16.5. The smallest absolute Gasteiger partial charge is 0.328 e. The van der Waals surface area contributed by atoms with Crippen LogP contribution in [-0.2, 0) is 14.3 Å².